The van der Waals surface area contributed by atoms with E-state index in [1.54, 1.807) is 0 Å². The zero-order valence-electron chi connectivity index (χ0n) is 12.3. The molecule has 1 aromatic carbocycles. The minimum Gasteiger partial charge on any atom is -0.281 e. The molecule has 2 nitrogen and oxygen atoms in total. The van der Waals surface area contributed by atoms with Crippen LogP contribution in [-0.4, -0.2) is 7.05 Å². The van der Waals surface area contributed by atoms with E-state index >= 15 is 0 Å². The third-order valence-corrected chi connectivity index (χ3v) is 5.80. The summed E-state index contributed by atoms with van der Waals surface area (Å²) in [4.78, 5) is 0. The Balaban J connectivity index is 0.000000861. The quantitative estimate of drug-likeness (QED) is 0.385. The van der Waals surface area contributed by atoms with Crippen LogP contribution in [0.2, 0.25) is 5.02 Å². The Kier molecular flexibility index (Phi) is 7.37. The van der Waals surface area contributed by atoms with Gasteiger partial charge >= 0.3 is 0 Å². The Bertz CT molecular complexity index is 432. The van der Waals surface area contributed by atoms with E-state index in [1.807, 2.05) is 20.9 Å². The van der Waals surface area contributed by atoms with Crippen LogP contribution in [0.25, 0.3) is 0 Å². The summed E-state index contributed by atoms with van der Waals surface area (Å²) in [5.41, 5.74) is 8.49. The van der Waals surface area contributed by atoms with E-state index < -0.39 is 0 Å². The molecule has 1 fully saturated rings. The summed E-state index contributed by atoms with van der Waals surface area (Å²) in [7, 11) is 1.95. The van der Waals surface area contributed by atoms with Crippen molar-refractivity contribution in [2.75, 3.05) is 11.8 Å². The van der Waals surface area contributed by atoms with Gasteiger partial charge in [0.1, 0.15) is 0 Å². The monoisotopic (exact) mass is 412 g/mol. The van der Waals surface area contributed by atoms with Crippen molar-refractivity contribution in [1.29, 1.82) is 0 Å². The number of hydrogen-bond acceptors (Lipinski definition) is 2. The summed E-state index contributed by atoms with van der Waals surface area (Å²) in [6.45, 7) is 8.39. The van der Waals surface area contributed by atoms with Crippen molar-refractivity contribution in [3.63, 3.8) is 0 Å². The SMILES string of the molecule is CC.CNN(PI)c1cc(Cl)c(C2CC2)c(C)c1C. The predicted octanol–water partition coefficient (Wildman–Crippen LogP) is 5.74. The fourth-order valence-electron chi connectivity index (χ4n) is 2.19. The van der Waals surface area contributed by atoms with Crippen LogP contribution in [0.4, 0.5) is 5.69 Å². The third kappa shape index (κ3) is 3.96. The van der Waals surface area contributed by atoms with Gasteiger partial charge in [0.2, 0.25) is 0 Å². The first-order valence-electron chi connectivity index (χ1n) is 6.73. The summed E-state index contributed by atoms with van der Waals surface area (Å²) < 4.78 is 2.14. The number of rotatable bonds is 4. The Morgan fingerprint density at radius 1 is 1.32 bits per heavy atom. The molecule has 0 aliphatic heterocycles. The first kappa shape index (κ1) is 17.5. The molecule has 0 spiro atoms. The average molecular weight is 413 g/mol. The number of nitrogens with zero attached hydrogens (tertiary/aromatic N) is 1. The number of benzene rings is 1. The maximum Gasteiger partial charge on any atom is 0.0613 e. The second kappa shape index (κ2) is 8.02. The lowest BCUT2D eigenvalue weighted by molar-refractivity contribution is 0.891. The Morgan fingerprint density at radius 2 is 1.89 bits per heavy atom. The van der Waals surface area contributed by atoms with E-state index in [0.29, 0.717) is 12.3 Å². The van der Waals surface area contributed by atoms with E-state index in [9.17, 15) is 0 Å². The Hall–Kier alpha value is 0.430. The molecule has 1 aliphatic carbocycles. The topological polar surface area (TPSA) is 15.3 Å². The number of hydrogen-bond donors (Lipinski definition) is 1. The number of anilines is 1. The fourth-order valence-corrected chi connectivity index (χ4v) is 4.50. The van der Waals surface area contributed by atoms with Gasteiger partial charge in [0.25, 0.3) is 0 Å². The highest BCUT2D eigenvalue weighted by Gasteiger charge is 2.29. The molecule has 19 heavy (non-hydrogen) atoms. The minimum absolute atomic E-state index is 0.656. The molecule has 108 valence electrons. The van der Waals surface area contributed by atoms with E-state index in [0.717, 1.165) is 5.02 Å². The van der Waals surface area contributed by atoms with Gasteiger partial charge in [-0.3, -0.25) is 4.78 Å². The molecule has 0 radical (unpaired) electrons. The van der Waals surface area contributed by atoms with Gasteiger partial charge in [-0.05, 0) is 77.4 Å². The van der Waals surface area contributed by atoms with Gasteiger partial charge in [0.15, 0.2) is 0 Å². The molecular formula is C14H23ClIN2P. The van der Waals surface area contributed by atoms with Crippen molar-refractivity contribution < 1.29 is 0 Å². The zero-order chi connectivity index (χ0) is 14.6. The van der Waals surface area contributed by atoms with Crippen LogP contribution in [0.15, 0.2) is 6.07 Å². The van der Waals surface area contributed by atoms with Gasteiger partial charge in [-0.2, -0.15) is 0 Å². The molecule has 2 rings (SSSR count). The molecule has 1 atom stereocenters. The molecule has 1 N–H and O–H groups in total. The summed E-state index contributed by atoms with van der Waals surface area (Å²) in [6.07, 6.45) is 3.25. The van der Waals surface area contributed by atoms with Crippen LogP contribution in [0.1, 0.15) is 49.3 Å². The molecule has 0 heterocycles. The van der Waals surface area contributed by atoms with Crippen molar-refractivity contribution in [3.8, 4) is 0 Å². The van der Waals surface area contributed by atoms with Gasteiger partial charge in [-0.25, -0.2) is 5.43 Å². The number of nitrogens with one attached hydrogen (secondary N) is 1. The molecule has 0 aromatic heterocycles. The van der Waals surface area contributed by atoms with Gasteiger partial charge in [-0.15, -0.1) is 0 Å². The molecule has 5 heteroatoms. The maximum absolute atomic E-state index is 6.45. The Labute approximate surface area is 137 Å². The minimum atomic E-state index is 0.656. The van der Waals surface area contributed by atoms with E-state index in [-0.39, 0.29) is 0 Å². The second-order valence-electron chi connectivity index (χ2n) is 4.46. The lowest BCUT2D eigenvalue weighted by Gasteiger charge is -2.25. The van der Waals surface area contributed by atoms with Gasteiger partial charge in [-0.1, -0.05) is 25.4 Å². The second-order valence-corrected chi connectivity index (χ2v) is 6.93. The molecule has 1 aliphatic rings. The van der Waals surface area contributed by atoms with Gasteiger partial charge in [0.05, 0.1) is 12.1 Å². The van der Waals surface area contributed by atoms with Crippen molar-refractivity contribution in [1.82, 2.24) is 5.43 Å². The highest BCUT2D eigenvalue weighted by Crippen LogP contribution is 2.48. The van der Waals surface area contributed by atoms with E-state index in [1.165, 1.54) is 35.2 Å². The lowest BCUT2D eigenvalue weighted by atomic mass is 9.98. The van der Waals surface area contributed by atoms with Crippen LogP contribution in [-0.2, 0) is 0 Å². The van der Waals surface area contributed by atoms with Crippen molar-refractivity contribution >= 4 is 45.7 Å². The highest BCUT2D eigenvalue weighted by molar-refractivity contribution is 14.2. The van der Waals surface area contributed by atoms with Crippen molar-refractivity contribution in [2.45, 2.75) is 46.5 Å². The number of hydrazine groups is 1. The predicted molar refractivity (Wildman–Crippen MR) is 98.1 cm³/mol. The molecule has 0 saturated heterocycles. The highest BCUT2D eigenvalue weighted by atomic mass is 127. The largest absolute Gasteiger partial charge is 0.281 e. The summed E-state index contributed by atoms with van der Waals surface area (Å²) in [6, 6.07) is 2.11. The average Bonchev–Trinajstić information content (AvgIpc) is 3.24. The van der Waals surface area contributed by atoms with Crippen LogP contribution in [0.3, 0.4) is 0 Å². The summed E-state index contributed by atoms with van der Waals surface area (Å²) in [5, 5.41) is 0.931. The van der Waals surface area contributed by atoms with E-state index in [4.69, 9.17) is 11.6 Å². The Morgan fingerprint density at radius 3 is 2.32 bits per heavy atom. The van der Waals surface area contributed by atoms with Crippen molar-refractivity contribution in [2.24, 2.45) is 0 Å². The van der Waals surface area contributed by atoms with Crippen LogP contribution >= 0.6 is 40.0 Å². The zero-order valence-corrected chi connectivity index (χ0v) is 16.2. The summed E-state index contributed by atoms with van der Waals surface area (Å²) in [5.74, 6) is 0.709. The standard InChI is InChI=1S/C12H17ClIN2P.C2H6/c1-7-8(2)12(9-4-5-9)10(13)6-11(7)16(15-3)17-14;1-2/h6,9,15,17H,4-5H2,1-3H3;1-2H3. The normalized spacial score (nSPS) is 14.5. The van der Waals surface area contributed by atoms with Gasteiger partial charge < -0.3 is 0 Å². The smallest absolute Gasteiger partial charge is 0.0613 e. The van der Waals surface area contributed by atoms with Crippen molar-refractivity contribution in [3.05, 3.63) is 27.8 Å². The number of halogens is 2. The maximum atomic E-state index is 6.45. The third-order valence-electron chi connectivity index (χ3n) is 3.41. The van der Waals surface area contributed by atoms with Crippen LogP contribution in [0.5, 0.6) is 0 Å². The molecule has 0 amide bonds. The molecular weight excluding hydrogens is 389 g/mol. The first-order chi connectivity index (χ1) is 9.10. The fraction of sp³-hybridized carbons (Fsp3) is 0.571. The summed E-state index contributed by atoms with van der Waals surface area (Å²) >= 11 is 8.82. The molecule has 1 unspecified atom stereocenters. The molecule has 1 saturated carbocycles. The van der Waals surface area contributed by atoms with Gasteiger partial charge in [0, 0.05) is 12.1 Å². The molecule has 1 aromatic rings. The lowest BCUT2D eigenvalue weighted by Crippen LogP contribution is -2.26. The van der Waals surface area contributed by atoms with E-state index in [2.05, 4.69) is 52.2 Å². The van der Waals surface area contributed by atoms with Crippen LogP contribution in [0, 0.1) is 13.8 Å². The van der Waals surface area contributed by atoms with Crippen LogP contribution < -0.4 is 10.2 Å². The first-order valence-corrected chi connectivity index (χ1v) is 11.2. The molecule has 0 bridgehead atoms.